The molecule has 0 amide bonds. The van der Waals surface area contributed by atoms with E-state index in [2.05, 4.69) is 35.6 Å². The molecule has 6 nitrogen and oxygen atoms in total. The molecule has 5 aromatic rings. The van der Waals surface area contributed by atoms with Crippen molar-refractivity contribution >= 4 is 32.3 Å². The summed E-state index contributed by atoms with van der Waals surface area (Å²) in [4.78, 5) is 20.5. The van der Waals surface area contributed by atoms with Gasteiger partial charge in [-0.05, 0) is 59.4 Å². The Morgan fingerprint density at radius 2 is 1.89 bits per heavy atom. The Hall–Kier alpha value is -3.68. The molecule has 1 aliphatic carbocycles. The number of fused-ring (bicyclic) bond motifs is 4. The molecule has 188 valence electrons. The monoisotopic (exact) mass is 511 g/mol. The maximum atomic E-state index is 13.7. The van der Waals surface area contributed by atoms with E-state index in [-0.39, 0.29) is 5.56 Å². The highest BCUT2D eigenvalue weighted by atomic mass is 32.1. The summed E-state index contributed by atoms with van der Waals surface area (Å²) in [5, 5.41) is 6.70. The van der Waals surface area contributed by atoms with E-state index in [1.165, 1.54) is 16.0 Å². The molecule has 0 aliphatic heterocycles. The fraction of sp³-hybridized carbons (Fsp3) is 0.267. The molecule has 0 fully saturated rings. The maximum Gasteiger partial charge on any atom is 0.262 e. The molecule has 0 radical (unpaired) electrons. The van der Waals surface area contributed by atoms with Crippen LogP contribution in [-0.2, 0) is 25.9 Å². The van der Waals surface area contributed by atoms with E-state index in [0.717, 1.165) is 63.9 Å². The molecule has 1 atom stereocenters. The standard InChI is InChI=1S/C30H29N3O3S/c1-35-22-11-7-19(8-12-22)16-31-21-10-13-24-27(15-21)37-29-28(24)30(34)33(18-32-29)17-25-23-6-4-3-5-20(23)9-14-26(25)36-2/h3-9,11-12,14,18,21,31H,10,13,15-17H2,1-2H3. The fourth-order valence-electron chi connectivity index (χ4n) is 5.33. The summed E-state index contributed by atoms with van der Waals surface area (Å²) >= 11 is 1.66. The van der Waals surface area contributed by atoms with E-state index in [1.54, 1.807) is 36.5 Å². The van der Waals surface area contributed by atoms with Gasteiger partial charge in [-0.3, -0.25) is 9.36 Å². The SMILES string of the molecule is COc1ccc(CNC2CCc3c(sc4ncn(Cc5c(OC)ccc6ccccc56)c(=O)c34)C2)cc1. The third-order valence-corrected chi connectivity index (χ3v) is 8.50. The Kier molecular flexibility index (Phi) is 6.40. The van der Waals surface area contributed by atoms with Crippen molar-refractivity contribution in [3.8, 4) is 11.5 Å². The summed E-state index contributed by atoms with van der Waals surface area (Å²) in [7, 11) is 3.36. The summed E-state index contributed by atoms with van der Waals surface area (Å²) in [6.07, 6.45) is 4.49. The quantitative estimate of drug-likeness (QED) is 0.320. The van der Waals surface area contributed by atoms with E-state index in [1.807, 2.05) is 30.3 Å². The number of nitrogens with zero attached hydrogens (tertiary/aromatic N) is 2. The minimum atomic E-state index is 0.0297. The lowest BCUT2D eigenvalue weighted by molar-refractivity contribution is 0.409. The molecule has 6 rings (SSSR count). The minimum absolute atomic E-state index is 0.0297. The molecule has 1 unspecified atom stereocenters. The Bertz CT molecular complexity index is 1640. The lowest BCUT2D eigenvalue weighted by atomic mass is 9.93. The first-order chi connectivity index (χ1) is 18.1. The number of aryl methyl sites for hydroxylation is 1. The van der Waals surface area contributed by atoms with Gasteiger partial charge < -0.3 is 14.8 Å². The summed E-state index contributed by atoms with van der Waals surface area (Å²) in [5.74, 6) is 1.65. The van der Waals surface area contributed by atoms with Gasteiger partial charge in [-0.2, -0.15) is 0 Å². The second-order valence-corrected chi connectivity index (χ2v) is 10.6. The van der Waals surface area contributed by atoms with Gasteiger partial charge in [-0.15, -0.1) is 11.3 Å². The second-order valence-electron chi connectivity index (χ2n) is 9.50. The number of nitrogens with one attached hydrogen (secondary N) is 1. The first-order valence-corrected chi connectivity index (χ1v) is 13.4. The van der Waals surface area contributed by atoms with Crippen LogP contribution in [0, 0.1) is 0 Å². The van der Waals surface area contributed by atoms with Gasteiger partial charge >= 0.3 is 0 Å². The van der Waals surface area contributed by atoms with E-state index < -0.39 is 0 Å². The van der Waals surface area contributed by atoms with Gasteiger partial charge in [0, 0.05) is 23.0 Å². The average molecular weight is 512 g/mol. The van der Waals surface area contributed by atoms with Gasteiger partial charge in [0.1, 0.15) is 16.3 Å². The van der Waals surface area contributed by atoms with Gasteiger partial charge in [-0.25, -0.2) is 4.98 Å². The summed E-state index contributed by atoms with van der Waals surface area (Å²) in [6.45, 7) is 1.23. The van der Waals surface area contributed by atoms with Crippen LogP contribution in [0.2, 0.25) is 0 Å². The molecule has 2 heterocycles. The zero-order valence-corrected chi connectivity index (χ0v) is 21.8. The zero-order valence-electron chi connectivity index (χ0n) is 21.0. The van der Waals surface area contributed by atoms with Crippen LogP contribution in [0.15, 0.2) is 71.8 Å². The maximum absolute atomic E-state index is 13.7. The first-order valence-electron chi connectivity index (χ1n) is 12.5. The highest BCUT2D eigenvalue weighted by Crippen LogP contribution is 2.34. The van der Waals surface area contributed by atoms with Crippen molar-refractivity contribution in [1.29, 1.82) is 0 Å². The van der Waals surface area contributed by atoms with Crippen LogP contribution in [-0.4, -0.2) is 29.8 Å². The average Bonchev–Trinajstić information content (AvgIpc) is 3.32. The van der Waals surface area contributed by atoms with Crippen molar-refractivity contribution in [3.05, 3.63) is 98.9 Å². The van der Waals surface area contributed by atoms with Crippen LogP contribution in [0.5, 0.6) is 11.5 Å². The summed E-state index contributed by atoms with van der Waals surface area (Å²) in [5.41, 5.74) is 3.44. The smallest absolute Gasteiger partial charge is 0.262 e. The molecule has 7 heteroatoms. The topological polar surface area (TPSA) is 65.4 Å². The molecule has 0 saturated heterocycles. The fourth-order valence-corrected chi connectivity index (χ4v) is 6.59. The van der Waals surface area contributed by atoms with E-state index in [4.69, 9.17) is 14.5 Å². The Morgan fingerprint density at radius 3 is 2.70 bits per heavy atom. The van der Waals surface area contributed by atoms with Crippen molar-refractivity contribution in [2.75, 3.05) is 14.2 Å². The Labute approximate surface area is 219 Å². The van der Waals surface area contributed by atoms with Crippen LogP contribution in [0.1, 0.15) is 28.0 Å². The van der Waals surface area contributed by atoms with Gasteiger partial charge in [0.2, 0.25) is 0 Å². The molecule has 0 bridgehead atoms. The molecule has 1 aliphatic rings. The number of hydrogen-bond donors (Lipinski definition) is 1. The molecule has 3 aromatic carbocycles. The number of aromatic nitrogens is 2. The second kappa shape index (κ2) is 10.00. The Balaban J connectivity index is 1.26. The largest absolute Gasteiger partial charge is 0.497 e. The summed E-state index contributed by atoms with van der Waals surface area (Å²) in [6, 6.07) is 20.8. The predicted molar refractivity (Wildman–Crippen MR) is 149 cm³/mol. The van der Waals surface area contributed by atoms with Crippen LogP contribution in [0.3, 0.4) is 0 Å². The number of ether oxygens (including phenoxy) is 2. The molecule has 37 heavy (non-hydrogen) atoms. The number of thiophene rings is 1. The lowest BCUT2D eigenvalue weighted by Gasteiger charge is -2.23. The normalized spacial score (nSPS) is 15.1. The highest BCUT2D eigenvalue weighted by Gasteiger charge is 2.25. The van der Waals surface area contributed by atoms with Crippen molar-refractivity contribution < 1.29 is 9.47 Å². The van der Waals surface area contributed by atoms with Gasteiger partial charge in [-0.1, -0.05) is 42.5 Å². The van der Waals surface area contributed by atoms with E-state index in [9.17, 15) is 4.79 Å². The number of benzene rings is 3. The van der Waals surface area contributed by atoms with E-state index in [0.29, 0.717) is 12.6 Å². The molecule has 0 saturated carbocycles. The van der Waals surface area contributed by atoms with Crippen molar-refractivity contribution in [1.82, 2.24) is 14.9 Å². The van der Waals surface area contributed by atoms with E-state index >= 15 is 0 Å². The first kappa shape index (κ1) is 23.7. The molecular formula is C30H29N3O3S. The molecule has 1 N–H and O–H groups in total. The van der Waals surface area contributed by atoms with Crippen molar-refractivity contribution in [3.63, 3.8) is 0 Å². The van der Waals surface area contributed by atoms with Gasteiger partial charge in [0.05, 0.1) is 32.5 Å². The number of hydrogen-bond acceptors (Lipinski definition) is 6. The van der Waals surface area contributed by atoms with Gasteiger partial charge in [0.25, 0.3) is 5.56 Å². The third kappa shape index (κ3) is 4.49. The molecular weight excluding hydrogens is 482 g/mol. The summed E-state index contributed by atoms with van der Waals surface area (Å²) < 4.78 is 12.6. The highest BCUT2D eigenvalue weighted by molar-refractivity contribution is 7.18. The third-order valence-electron chi connectivity index (χ3n) is 7.34. The zero-order chi connectivity index (χ0) is 25.4. The van der Waals surface area contributed by atoms with Crippen LogP contribution in [0.25, 0.3) is 21.0 Å². The van der Waals surface area contributed by atoms with Crippen LogP contribution >= 0.6 is 11.3 Å². The minimum Gasteiger partial charge on any atom is -0.497 e. The van der Waals surface area contributed by atoms with Crippen molar-refractivity contribution in [2.24, 2.45) is 0 Å². The van der Waals surface area contributed by atoms with Crippen LogP contribution in [0.4, 0.5) is 0 Å². The predicted octanol–water partition coefficient (Wildman–Crippen LogP) is 5.32. The van der Waals surface area contributed by atoms with Crippen molar-refractivity contribution in [2.45, 2.75) is 38.4 Å². The number of rotatable bonds is 7. The lowest BCUT2D eigenvalue weighted by Crippen LogP contribution is -2.33. The Morgan fingerprint density at radius 1 is 1.05 bits per heavy atom. The molecule has 2 aromatic heterocycles. The molecule has 0 spiro atoms. The van der Waals surface area contributed by atoms with Gasteiger partial charge in [0.15, 0.2) is 0 Å². The van der Waals surface area contributed by atoms with Crippen LogP contribution < -0.4 is 20.3 Å². The number of methoxy groups -OCH3 is 2.